The minimum absolute atomic E-state index is 0.248. The predicted octanol–water partition coefficient (Wildman–Crippen LogP) is 3.34. The van der Waals surface area contributed by atoms with E-state index in [2.05, 4.69) is 4.98 Å². The molecule has 1 aliphatic rings. The van der Waals surface area contributed by atoms with Crippen molar-refractivity contribution in [3.05, 3.63) is 80.6 Å². The van der Waals surface area contributed by atoms with Crippen LogP contribution in [-0.4, -0.2) is 16.6 Å². The average Bonchev–Trinajstić information content (AvgIpc) is 2.79. The summed E-state index contributed by atoms with van der Waals surface area (Å²) < 4.78 is 0. The number of aromatic amines is 1. The maximum absolute atomic E-state index is 12.6. The SMILES string of the molecule is O=C1c2ccccc2C(=O)C1c1cc(=O)c2ccc(Cl)cc2[nH]1. The zero-order chi connectivity index (χ0) is 16.1. The highest BCUT2D eigenvalue weighted by molar-refractivity contribution is 6.31. The Bertz CT molecular complexity index is 1020. The maximum Gasteiger partial charge on any atom is 0.189 e. The van der Waals surface area contributed by atoms with Crippen LogP contribution in [0.3, 0.4) is 0 Å². The molecule has 1 aromatic heterocycles. The molecule has 4 nitrogen and oxygen atoms in total. The van der Waals surface area contributed by atoms with Crippen LogP contribution < -0.4 is 5.43 Å². The molecule has 2 aromatic carbocycles. The summed E-state index contributed by atoms with van der Waals surface area (Å²) in [6, 6.07) is 12.9. The summed E-state index contributed by atoms with van der Waals surface area (Å²) in [6.45, 7) is 0. The van der Waals surface area contributed by atoms with Crippen LogP contribution in [0.2, 0.25) is 5.02 Å². The smallest absolute Gasteiger partial charge is 0.189 e. The van der Waals surface area contributed by atoms with Crippen molar-refractivity contribution in [3.8, 4) is 0 Å². The van der Waals surface area contributed by atoms with Crippen LogP contribution in [0.25, 0.3) is 10.9 Å². The number of halogens is 1. The number of benzene rings is 2. The molecule has 0 spiro atoms. The Morgan fingerprint density at radius 3 is 2.17 bits per heavy atom. The maximum atomic E-state index is 12.6. The molecular formula is C18H10ClNO3. The van der Waals surface area contributed by atoms with E-state index in [0.29, 0.717) is 32.7 Å². The molecule has 5 heteroatoms. The fraction of sp³-hybridized carbons (Fsp3) is 0.0556. The molecule has 4 rings (SSSR count). The highest BCUT2D eigenvalue weighted by Gasteiger charge is 2.40. The average molecular weight is 324 g/mol. The second-order valence-corrected chi connectivity index (χ2v) is 5.92. The lowest BCUT2D eigenvalue weighted by atomic mass is 9.98. The normalized spacial score (nSPS) is 14.5. The van der Waals surface area contributed by atoms with E-state index in [0.717, 1.165) is 0 Å². The summed E-state index contributed by atoms with van der Waals surface area (Å²) in [7, 11) is 0. The standard InChI is InChI=1S/C18H10ClNO3/c19-9-5-6-12-13(7-9)20-14(8-15(12)21)16-17(22)10-3-1-2-4-11(10)18(16)23/h1-8,16H,(H,20,21). The van der Waals surface area contributed by atoms with Gasteiger partial charge in [0.25, 0.3) is 0 Å². The number of nitrogens with one attached hydrogen (secondary N) is 1. The minimum Gasteiger partial charge on any atom is -0.357 e. The number of aromatic nitrogens is 1. The summed E-state index contributed by atoms with van der Waals surface area (Å²) in [5.41, 5.74) is 1.36. The number of pyridine rings is 1. The Balaban J connectivity index is 1.92. The molecule has 0 saturated heterocycles. The molecule has 0 atom stereocenters. The topological polar surface area (TPSA) is 67.0 Å². The lowest BCUT2D eigenvalue weighted by Crippen LogP contribution is -2.17. The highest BCUT2D eigenvalue weighted by atomic mass is 35.5. The molecular weight excluding hydrogens is 314 g/mol. The molecule has 1 N–H and O–H groups in total. The molecule has 0 bridgehead atoms. The molecule has 0 amide bonds. The number of Topliss-reactive ketones (excluding diaryl/α,β-unsaturated/α-hetero) is 2. The quantitative estimate of drug-likeness (QED) is 0.698. The van der Waals surface area contributed by atoms with Crippen molar-refractivity contribution in [3.63, 3.8) is 0 Å². The minimum atomic E-state index is -0.997. The number of hydrogen-bond donors (Lipinski definition) is 1. The van der Waals surface area contributed by atoms with E-state index in [1.807, 2.05) is 0 Å². The zero-order valence-electron chi connectivity index (χ0n) is 11.8. The molecule has 1 aliphatic carbocycles. The fourth-order valence-corrected chi connectivity index (χ4v) is 3.20. The predicted molar refractivity (Wildman–Crippen MR) is 87.4 cm³/mol. The Hall–Kier alpha value is -2.72. The second-order valence-electron chi connectivity index (χ2n) is 5.49. The van der Waals surface area contributed by atoms with Gasteiger partial charge in [0.05, 0.1) is 5.52 Å². The zero-order valence-corrected chi connectivity index (χ0v) is 12.6. The third-order valence-electron chi connectivity index (χ3n) is 4.11. The van der Waals surface area contributed by atoms with Crippen molar-refractivity contribution in [1.29, 1.82) is 0 Å². The number of H-pyrrole nitrogens is 1. The fourth-order valence-electron chi connectivity index (χ4n) is 3.03. The van der Waals surface area contributed by atoms with E-state index in [1.165, 1.54) is 6.07 Å². The van der Waals surface area contributed by atoms with E-state index >= 15 is 0 Å². The van der Waals surface area contributed by atoms with E-state index in [-0.39, 0.29) is 17.0 Å². The first kappa shape index (κ1) is 13.9. The van der Waals surface area contributed by atoms with Crippen molar-refractivity contribution >= 4 is 34.1 Å². The van der Waals surface area contributed by atoms with Crippen molar-refractivity contribution in [1.82, 2.24) is 4.98 Å². The van der Waals surface area contributed by atoms with Gasteiger partial charge in [-0.25, -0.2) is 0 Å². The molecule has 23 heavy (non-hydrogen) atoms. The van der Waals surface area contributed by atoms with Gasteiger partial charge < -0.3 is 4.98 Å². The molecule has 0 fully saturated rings. The largest absolute Gasteiger partial charge is 0.357 e. The molecule has 0 unspecified atom stereocenters. The summed E-state index contributed by atoms with van der Waals surface area (Å²) >= 11 is 5.96. The number of ketones is 2. The van der Waals surface area contributed by atoms with Gasteiger partial charge >= 0.3 is 0 Å². The van der Waals surface area contributed by atoms with Crippen LogP contribution in [0.5, 0.6) is 0 Å². The monoisotopic (exact) mass is 323 g/mol. The van der Waals surface area contributed by atoms with E-state index in [9.17, 15) is 14.4 Å². The number of hydrogen-bond acceptors (Lipinski definition) is 3. The molecule has 1 heterocycles. The molecule has 3 aromatic rings. The van der Waals surface area contributed by atoms with Crippen LogP contribution in [0.15, 0.2) is 53.3 Å². The second kappa shape index (κ2) is 4.89. The summed E-state index contributed by atoms with van der Waals surface area (Å²) in [4.78, 5) is 40.4. The number of rotatable bonds is 1. The van der Waals surface area contributed by atoms with Gasteiger partial charge in [-0.15, -0.1) is 0 Å². The van der Waals surface area contributed by atoms with Gasteiger partial charge in [0, 0.05) is 33.3 Å². The van der Waals surface area contributed by atoms with Gasteiger partial charge in [0.2, 0.25) is 0 Å². The third kappa shape index (κ3) is 2.03. The van der Waals surface area contributed by atoms with Gasteiger partial charge in [0.15, 0.2) is 17.0 Å². The highest BCUT2D eigenvalue weighted by Crippen LogP contribution is 2.33. The van der Waals surface area contributed by atoms with E-state index < -0.39 is 5.92 Å². The van der Waals surface area contributed by atoms with E-state index in [4.69, 9.17) is 11.6 Å². The van der Waals surface area contributed by atoms with Gasteiger partial charge in [-0.2, -0.15) is 0 Å². The molecule has 0 aliphatic heterocycles. The van der Waals surface area contributed by atoms with E-state index in [1.54, 1.807) is 42.5 Å². The van der Waals surface area contributed by atoms with Gasteiger partial charge in [-0.3, -0.25) is 14.4 Å². The number of fused-ring (bicyclic) bond motifs is 2. The number of carbonyl (C=O) groups is 2. The van der Waals surface area contributed by atoms with Gasteiger partial charge in [-0.1, -0.05) is 35.9 Å². The lowest BCUT2D eigenvalue weighted by Gasteiger charge is -2.09. The van der Waals surface area contributed by atoms with Crippen LogP contribution in [-0.2, 0) is 0 Å². The Morgan fingerprint density at radius 2 is 1.52 bits per heavy atom. The molecule has 112 valence electrons. The summed E-state index contributed by atoms with van der Waals surface area (Å²) in [5, 5.41) is 0.936. The van der Waals surface area contributed by atoms with Crippen molar-refractivity contribution in [2.75, 3.05) is 0 Å². The van der Waals surface area contributed by atoms with Crippen LogP contribution >= 0.6 is 11.6 Å². The third-order valence-corrected chi connectivity index (χ3v) is 4.34. The molecule has 0 radical (unpaired) electrons. The summed E-state index contributed by atoms with van der Waals surface area (Å²) in [6.07, 6.45) is 0. The van der Waals surface area contributed by atoms with Gasteiger partial charge in [0.1, 0.15) is 5.92 Å². The summed E-state index contributed by atoms with van der Waals surface area (Å²) in [5.74, 6) is -1.58. The first-order valence-corrected chi connectivity index (χ1v) is 7.44. The van der Waals surface area contributed by atoms with Crippen LogP contribution in [0.4, 0.5) is 0 Å². The first-order chi connectivity index (χ1) is 11.1. The van der Waals surface area contributed by atoms with Crippen molar-refractivity contribution in [2.45, 2.75) is 5.92 Å². The Morgan fingerprint density at radius 1 is 0.870 bits per heavy atom. The Kier molecular flexibility index (Phi) is 2.96. The Labute approximate surface area is 135 Å². The lowest BCUT2D eigenvalue weighted by molar-refractivity contribution is 0.0888. The van der Waals surface area contributed by atoms with Gasteiger partial charge in [-0.05, 0) is 18.2 Å². The first-order valence-electron chi connectivity index (χ1n) is 7.06. The van der Waals surface area contributed by atoms with Crippen LogP contribution in [0.1, 0.15) is 32.3 Å². The van der Waals surface area contributed by atoms with Crippen molar-refractivity contribution < 1.29 is 9.59 Å². The van der Waals surface area contributed by atoms with Crippen LogP contribution in [0, 0.1) is 0 Å². The molecule has 0 saturated carbocycles. The van der Waals surface area contributed by atoms with Crippen molar-refractivity contribution in [2.24, 2.45) is 0 Å². The number of carbonyl (C=O) groups excluding carboxylic acids is 2.